The highest BCUT2D eigenvalue weighted by molar-refractivity contribution is 6.06. The molecule has 2 aliphatic rings. The molecule has 0 spiro atoms. The van der Waals surface area contributed by atoms with Crippen molar-refractivity contribution in [3.05, 3.63) is 65.5 Å². The number of amides is 1. The molecule has 2 N–H and O–H groups in total. The molecule has 0 saturated carbocycles. The van der Waals surface area contributed by atoms with Crippen LogP contribution in [-0.4, -0.2) is 32.0 Å². The van der Waals surface area contributed by atoms with E-state index in [1.54, 1.807) is 16.9 Å². The van der Waals surface area contributed by atoms with E-state index in [0.29, 0.717) is 23.0 Å². The van der Waals surface area contributed by atoms with Gasteiger partial charge in [-0.1, -0.05) is 12.1 Å². The fraction of sp³-hybridized carbons (Fsp3) is 0.208. The highest BCUT2D eigenvalue weighted by Crippen LogP contribution is 2.39. The van der Waals surface area contributed by atoms with E-state index in [9.17, 15) is 10.1 Å². The third-order valence-electron chi connectivity index (χ3n) is 6.37. The molecule has 4 aromatic rings. The molecule has 0 aliphatic carbocycles. The van der Waals surface area contributed by atoms with Gasteiger partial charge in [-0.05, 0) is 55.7 Å². The lowest BCUT2D eigenvalue weighted by Crippen LogP contribution is -2.26. The zero-order chi connectivity index (χ0) is 22.7. The van der Waals surface area contributed by atoms with Crippen molar-refractivity contribution in [2.75, 3.05) is 22.1 Å². The van der Waals surface area contributed by atoms with Crippen LogP contribution in [-0.2, 0) is 16.6 Å². The molecular weight excluding hydrogens is 416 g/mol. The maximum Gasteiger partial charge on any atom is 0.247 e. The standard InChI is InChI=1S/C24H20N8O/c1-24(2)17-6-5-16(12-18(17)28-22(24)33)27-23-29-21-20(26-8-10-32(21)30-23)31-9-7-15-4-3-14(13-25)11-19(15)31/h3-6,8,10-12H,7,9H2,1-2H3,(H,27,30)(H,28,33). The van der Waals surface area contributed by atoms with Gasteiger partial charge in [0, 0.05) is 36.0 Å². The van der Waals surface area contributed by atoms with Crippen LogP contribution in [0.2, 0.25) is 0 Å². The summed E-state index contributed by atoms with van der Waals surface area (Å²) < 4.78 is 1.69. The molecule has 2 aromatic carbocycles. The lowest BCUT2D eigenvalue weighted by atomic mass is 9.86. The Balaban J connectivity index is 1.35. The zero-order valence-electron chi connectivity index (χ0n) is 18.1. The molecule has 0 atom stereocenters. The number of carbonyl (C=O) groups excluding carboxylic acids is 1. The normalized spacial score (nSPS) is 15.8. The van der Waals surface area contributed by atoms with E-state index in [2.05, 4.69) is 36.7 Å². The van der Waals surface area contributed by atoms with Gasteiger partial charge < -0.3 is 15.5 Å². The predicted molar refractivity (Wildman–Crippen MR) is 124 cm³/mol. The van der Waals surface area contributed by atoms with Gasteiger partial charge >= 0.3 is 0 Å². The number of nitrogens with one attached hydrogen (secondary N) is 2. The second-order valence-corrected chi connectivity index (χ2v) is 8.78. The number of fused-ring (bicyclic) bond motifs is 3. The molecule has 9 heteroatoms. The van der Waals surface area contributed by atoms with E-state index in [0.717, 1.165) is 35.6 Å². The average Bonchev–Trinajstić information content (AvgIpc) is 3.47. The van der Waals surface area contributed by atoms with Gasteiger partial charge in [-0.25, -0.2) is 9.50 Å². The number of hydrogen-bond donors (Lipinski definition) is 2. The molecule has 0 saturated heterocycles. The first-order valence-electron chi connectivity index (χ1n) is 10.7. The Labute approximate surface area is 189 Å². The van der Waals surface area contributed by atoms with Crippen molar-refractivity contribution >= 4 is 40.4 Å². The summed E-state index contributed by atoms with van der Waals surface area (Å²) in [4.78, 5) is 23.6. The van der Waals surface area contributed by atoms with Gasteiger partial charge in [-0.3, -0.25) is 4.79 Å². The molecule has 6 rings (SSSR count). The molecule has 4 heterocycles. The molecule has 9 nitrogen and oxygen atoms in total. The minimum atomic E-state index is -0.548. The van der Waals surface area contributed by atoms with Gasteiger partial charge in [0.2, 0.25) is 17.5 Å². The third kappa shape index (κ3) is 2.91. The fourth-order valence-electron chi connectivity index (χ4n) is 4.52. The van der Waals surface area contributed by atoms with E-state index in [1.807, 2.05) is 50.2 Å². The molecule has 0 bridgehead atoms. The van der Waals surface area contributed by atoms with Crippen LogP contribution < -0.4 is 15.5 Å². The maximum atomic E-state index is 12.2. The Hall–Kier alpha value is -4.45. The second-order valence-electron chi connectivity index (χ2n) is 8.78. The maximum absolute atomic E-state index is 12.2. The van der Waals surface area contributed by atoms with Crippen LogP contribution in [0, 0.1) is 11.3 Å². The first-order valence-corrected chi connectivity index (χ1v) is 10.7. The number of carbonyl (C=O) groups is 1. The number of anilines is 5. The molecule has 162 valence electrons. The summed E-state index contributed by atoms with van der Waals surface area (Å²) in [6.07, 6.45) is 4.32. The number of rotatable bonds is 3. The minimum Gasteiger partial charge on any atom is -0.325 e. The summed E-state index contributed by atoms with van der Waals surface area (Å²) in [6.45, 7) is 4.58. The summed E-state index contributed by atoms with van der Waals surface area (Å²) in [5.41, 5.74) is 5.38. The van der Waals surface area contributed by atoms with E-state index in [4.69, 9.17) is 0 Å². The van der Waals surface area contributed by atoms with Crippen molar-refractivity contribution in [3.63, 3.8) is 0 Å². The quantitative estimate of drug-likeness (QED) is 0.504. The van der Waals surface area contributed by atoms with Gasteiger partial charge in [-0.2, -0.15) is 10.2 Å². The Morgan fingerprint density at radius 2 is 2.09 bits per heavy atom. The number of hydrogen-bond acceptors (Lipinski definition) is 7. The minimum absolute atomic E-state index is 0.0123. The summed E-state index contributed by atoms with van der Waals surface area (Å²) in [6, 6.07) is 13.7. The first-order chi connectivity index (χ1) is 15.9. The molecule has 33 heavy (non-hydrogen) atoms. The van der Waals surface area contributed by atoms with Crippen LogP contribution in [0.5, 0.6) is 0 Å². The van der Waals surface area contributed by atoms with Crippen molar-refractivity contribution in [1.82, 2.24) is 19.6 Å². The molecular formula is C24H20N8O. The van der Waals surface area contributed by atoms with E-state index < -0.39 is 5.41 Å². The largest absolute Gasteiger partial charge is 0.325 e. The number of aromatic nitrogens is 4. The van der Waals surface area contributed by atoms with Crippen molar-refractivity contribution in [3.8, 4) is 6.07 Å². The molecule has 1 amide bonds. The highest BCUT2D eigenvalue weighted by atomic mass is 16.2. The van der Waals surface area contributed by atoms with Gasteiger partial charge in [0.25, 0.3) is 0 Å². The Morgan fingerprint density at radius 3 is 2.94 bits per heavy atom. The van der Waals surface area contributed by atoms with Crippen molar-refractivity contribution in [2.45, 2.75) is 25.7 Å². The van der Waals surface area contributed by atoms with Crippen molar-refractivity contribution < 1.29 is 4.79 Å². The number of nitriles is 1. The van der Waals surface area contributed by atoms with Crippen LogP contribution in [0.1, 0.15) is 30.5 Å². The Kier molecular flexibility index (Phi) is 3.95. The first kappa shape index (κ1) is 19.3. The van der Waals surface area contributed by atoms with Gasteiger partial charge in [-0.15, -0.1) is 5.10 Å². The third-order valence-corrected chi connectivity index (χ3v) is 6.37. The summed E-state index contributed by atoms with van der Waals surface area (Å²) in [5.74, 6) is 1.11. The van der Waals surface area contributed by atoms with Crippen molar-refractivity contribution in [1.29, 1.82) is 5.26 Å². The SMILES string of the molecule is CC1(C)C(=O)Nc2cc(Nc3nc4c(N5CCc6ccc(C#N)cc65)nccn4n3)ccc21. The lowest BCUT2D eigenvalue weighted by Gasteiger charge is -2.18. The summed E-state index contributed by atoms with van der Waals surface area (Å²) in [7, 11) is 0. The average molecular weight is 436 g/mol. The van der Waals surface area contributed by atoms with Crippen LogP contribution >= 0.6 is 0 Å². The second kappa shape index (κ2) is 6.77. The molecule has 2 aliphatic heterocycles. The molecule has 0 radical (unpaired) electrons. The zero-order valence-corrected chi connectivity index (χ0v) is 18.1. The molecule has 0 unspecified atom stereocenters. The fourth-order valence-corrected chi connectivity index (χ4v) is 4.52. The number of benzene rings is 2. The highest BCUT2D eigenvalue weighted by Gasteiger charge is 2.38. The van der Waals surface area contributed by atoms with E-state index >= 15 is 0 Å². The Morgan fingerprint density at radius 1 is 1.21 bits per heavy atom. The van der Waals surface area contributed by atoms with Crippen LogP contribution in [0.25, 0.3) is 5.65 Å². The topological polar surface area (TPSA) is 111 Å². The smallest absolute Gasteiger partial charge is 0.247 e. The lowest BCUT2D eigenvalue weighted by molar-refractivity contribution is -0.119. The van der Waals surface area contributed by atoms with Gasteiger partial charge in [0.15, 0.2) is 5.82 Å². The van der Waals surface area contributed by atoms with E-state index in [1.165, 1.54) is 5.56 Å². The van der Waals surface area contributed by atoms with Crippen LogP contribution in [0.4, 0.5) is 28.8 Å². The predicted octanol–water partition coefficient (Wildman–Crippen LogP) is 3.66. The van der Waals surface area contributed by atoms with Gasteiger partial charge in [0.1, 0.15) is 0 Å². The van der Waals surface area contributed by atoms with E-state index in [-0.39, 0.29) is 5.91 Å². The van der Waals surface area contributed by atoms with Gasteiger partial charge in [0.05, 0.1) is 17.0 Å². The molecule has 0 fully saturated rings. The van der Waals surface area contributed by atoms with Crippen molar-refractivity contribution in [2.24, 2.45) is 0 Å². The summed E-state index contributed by atoms with van der Waals surface area (Å²) >= 11 is 0. The Bertz CT molecular complexity index is 1500. The number of nitrogens with zero attached hydrogens (tertiary/aromatic N) is 6. The summed E-state index contributed by atoms with van der Waals surface area (Å²) in [5, 5.41) is 20.0. The molecule has 2 aromatic heterocycles. The monoisotopic (exact) mass is 436 g/mol. The van der Waals surface area contributed by atoms with Crippen LogP contribution in [0.3, 0.4) is 0 Å². The van der Waals surface area contributed by atoms with Crippen LogP contribution in [0.15, 0.2) is 48.8 Å².